The van der Waals surface area contributed by atoms with Crippen molar-refractivity contribution >= 4 is 45.6 Å². The van der Waals surface area contributed by atoms with Crippen LogP contribution in [0, 0.1) is 0 Å². The van der Waals surface area contributed by atoms with Crippen LogP contribution in [0.3, 0.4) is 0 Å². The second-order valence-corrected chi connectivity index (χ2v) is 7.20. The van der Waals surface area contributed by atoms with Gasteiger partial charge in [0.25, 0.3) is 0 Å². The first-order valence-electron chi connectivity index (χ1n) is 6.41. The number of nitrogens with two attached hydrogens (primary N) is 1. The zero-order chi connectivity index (χ0) is 14.8. The van der Waals surface area contributed by atoms with Crippen LogP contribution in [0.25, 0.3) is 10.9 Å². The number of nitrogens with zero attached hydrogens (tertiary/aromatic N) is 1. The highest BCUT2D eigenvalue weighted by molar-refractivity contribution is 7.99. The molecule has 1 aromatic carbocycles. The van der Waals surface area contributed by atoms with Crippen LogP contribution in [0.1, 0.15) is 19.4 Å². The maximum absolute atomic E-state index is 5.82. The minimum atomic E-state index is 0.137. The molecule has 0 unspecified atom stereocenters. The highest BCUT2D eigenvalue weighted by Gasteiger charge is 2.18. The van der Waals surface area contributed by atoms with Crippen molar-refractivity contribution in [2.45, 2.75) is 18.6 Å². The molecule has 0 aliphatic carbocycles. The Morgan fingerprint density at radius 2 is 2.10 bits per heavy atom. The van der Waals surface area contributed by atoms with Gasteiger partial charge in [-0.3, -0.25) is 4.98 Å². The van der Waals surface area contributed by atoms with E-state index in [9.17, 15) is 0 Å². The smallest absolute Gasteiger partial charge is 0.107 e. The van der Waals surface area contributed by atoms with Gasteiger partial charge in [0, 0.05) is 22.9 Å². The van der Waals surface area contributed by atoms with Crippen LogP contribution < -0.4 is 11.1 Å². The van der Waals surface area contributed by atoms with Crippen molar-refractivity contribution in [1.29, 1.82) is 0 Å². The lowest BCUT2D eigenvalue weighted by Crippen LogP contribution is -2.27. The Kier molecular flexibility index (Phi) is 4.50. The molecule has 2 aromatic rings. The summed E-state index contributed by atoms with van der Waals surface area (Å²) in [5, 5.41) is 4.55. The van der Waals surface area contributed by atoms with Crippen molar-refractivity contribution in [2.24, 2.45) is 5.73 Å². The van der Waals surface area contributed by atoms with Crippen LogP contribution in [-0.4, -0.2) is 27.5 Å². The van der Waals surface area contributed by atoms with Crippen LogP contribution in [-0.2, 0) is 0 Å². The Bertz CT molecular complexity index is 638. The van der Waals surface area contributed by atoms with Crippen molar-refractivity contribution < 1.29 is 0 Å². The number of rotatable bonds is 5. The Morgan fingerprint density at radius 1 is 1.40 bits per heavy atom. The average Bonchev–Trinajstić information content (AvgIpc) is 2.44. The molecule has 0 atom stereocenters. The molecule has 0 saturated carbocycles. The molecule has 3 N–H and O–H groups in total. The summed E-state index contributed by atoms with van der Waals surface area (Å²) >= 11 is 6.96. The van der Waals surface area contributed by atoms with Crippen LogP contribution >= 0.6 is 24.0 Å². The Morgan fingerprint density at radius 3 is 2.75 bits per heavy atom. The maximum atomic E-state index is 5.82. The van der Waals surface area contributed by atoms with Gasteiger partial charge < -0.3 is 11.1 Å². The summed E-state index contributed by atoms with van der Waals surface area (Å²) in [6.07, 6.45) is 3.86. The second-order valence-electron chi connectivity index (χ2n) is 5.25. The number of thioether (sulfide) groups is 1. The topological polar surface area (TPSA) is 50.9 Å². The zero-order valence-electron chi connectivity index (χ0n) is 11.9. The van der Waals surface area contributed by atoms with Gasteiger partial charge in [-0.15, -0.1) is 0 Å². The number of fused-ring (bicyclic) bond motifs is 1. The van der Waals surface area contributed by atoms with Gasteiger partial charge in [0.1, 0.15) is 4.99 Å². The molecule has 0 radical (unpaired) electrons. The summed E-state index contributed by atoms with van der Waals surface area (Å²) in [6, 6.07) is 8.01. The van der Waals surface area contributed by atoms with Gasteiger partial charge >= 0.3 is 0 Å². The van der Waals surface area contributed by atoms with Gasteiger partial charge in [-0.2, -0.15) is 11.8 Å². The number of hydrogen-bond donors (Lipinski definition) is 2. The summed E-state index contributed by atoms with van der Waals surface area (Å²) in [7, 11) is 0. The highest BCUT2D eigenvalue weighted by atomic mass is 32.2. The fraction of sp³-hybridized carbons (Fsp3) is 0.333. The van der Waals surface area contributed by atoms with E-state index in [1.54, 1.807) is 6.20 Å². The van der Waals surface area contributed by atoms with Crippen molar-refractivity contribution in [3.8, 4) is 0 Å². The van der Waals surface area contributed by atoms with E-state index in [4.69, 9.17) is 18.0 Å². The lowest BCUT2D eigenvalue weighted by molar-refractivity contribution is 0.753. The standard InChI is InChI=1S/C15H19N3S2/c1-15(2,20-3)9-18-13-10-6-4-5-7-12(10)17-8-11(13)14(16)19/h4-8H,9H2,1-3H3,(H2,16,19)(H,17,18). The SMILES string of the molecule is CSC(C)(C)CNc1c(C(N)=S)cnc2ccccc12. The summed E-state index contributed by atoms with van der Waals surface area (Å²) < 4.78 is 0.137. The lowest BCUT2D eigenvalue weighted by Gasteiger charge is -2.24. The monoisotopic (exact) mass is 305 g/mol. The van der Waals surface area contributed by atoms with Crippen LogP contribution in [0.4, 0.5) is 5.69 Å². The minimum Gasteiger partial charge on any atom is -0.389 e. The zero-order valence-corrected chi connectivity index (χ0v) is 13.6. The van der Waals surface area contributed by atoms with Crippen molar-refractivity contribution in [2.75, 3.05) is 18.1 Å². The van der Waals surface area contributed by atoms with Crippen molar-refractivity contribution in [3.63, 3.8) is 0 Å². The van der Waals surface area contributed by atoms with E-state index < -0.39 is 0 Å². The molecule has 0 bridgehead atoms. The van der Waals surface area contributed by atoms with Crippen LogP contribution in [0.15, 0.2) is 30.5 Å². The Balaban J connectivity index is 2.47. The summed E-state index contributed by atoms with van der Waals surface area (Å²) in [6.45, 7) is 5.24. The van der Waals surface area contributed by atoms with E-state index >= 15 is 0 Å². The number of aromatic nitrogens is 1. The number of pyridine rings is 1. The first-order valence-corrected chi connectivity index (χ1v) is 8.04. The van der Waals surface area contributed by atoms with E-state index in [0.717, 1.165) is 28.7 Å². The third-order valence-corrected chi connectivity index (χ3v) is 4.75. The fourth-order valence-electron chi connectivity index (χ4n) is 1.89. The predicted octanol–water partition coefficient (Wildman–Crippen LogP) is 3.42. The molecule has 3 nitrogen and oxygen atoms in total. The second kappa shape index (κ2) is 5.97. The highest BCUT2D eigenvalue weighted by Crippen LogP contribution is 2.28. The Hall–Kier alpha value is -1.33. The van der Waals surface area contributed by atoms with Crippen LogP contribution in [0.5, 0.6) is 0 Å². The minimum absolute atomic E-state index is 0.137. The molecule has 0 aliphatic heterocycles. The predicted molar refractivity (Wildman–Crippen MR) is 93.7 cm³/mol. The van der Waals surface area contributed by atoms with Crippen LogP contribution in [0.2, 0.25) is 0 Å². The molecular formula is C15H19N3S2. The number of hydrogen-bond acceptors (Lipinski definition) is 4. The molecule has 0 spiro atoms. The van der Waals surface area contributed by atoms with E-state index in [0.29, 0.717) is 4.99 Å². The fourth-order valence-corrected chi connectivity index (χ4v) is 2.26. The molecule has 5 heteroatoms. The Labute approximate surface area is 129 Å². The number of thiocarbonyl (C=S) groups is 1. The maximum Gasteiger partial charge on any atom is 0.107 e. The third kappa shape index (κ3) is 3.22. The van der Waals surface area contributed by atoms with Gasteiger partial charge in [0.15, 0.2) is 0 Å². The molecule has 0 fully saturated rings. The third-order valence-electron chi connectivity index (χ3n) is 3.28. The first-order chi connectivity index (χ1) is 9.44. The molecule has 1 heterocycles. The molecule has 20 heavy (non-hydrogen) atoms. The number of benzene rings is 1. The molecule has 0 amide bonds. The van der Waals surface area contributed by atoms with Gasteiger partial charge in [0.05, 0.1) is 16.8 Å². The van der Waals surface area contributed by atoms with Gasteiger partial charge in [0.2, 0.25) is 0 Å². The largest absolute Gasteiger partial charge is 0.389 e. The molecule has 0 aliphatic rings. The van der Waals surface area contributed by atoms with Crippen molar-refractivity contribution in [1.82, 2.24) is 4.98 Å². The van der Waals surface area contributed by atoms with E-state index in [1.165, 1.54) is 0 Å². The first kappa shape index (κ1) is 15.1. The van der Waals surface area contributed by atoms with Gasteiger partial charge in [-0.25, -0.2) is 0 Å². The lowest BCUT2D eigenvalue weighted by atomic mass is 10.1. The molecule has 2 rings (SSSR count). The number of para-hydroxylation sites is 1. The van der Waals surface area contributed by atoms with E-state index in [1.807, 2.05) is 36.0 Å². The quantitative estimate of drug-likeness (QED) is 0.829. The molecular weight excluding hydrogens is 286 g/mol. The van der Waals surface area contributed by atoms with E-state index in [-0.39, 0.29) is 4.75 Å². The molecule has 106 valence electrons. The summed E-state index contributed by atoms with van der Waals surface area (Å²) in [5.74, 6) is 0. The van der Waals surface area contributed by atoms with Gasteiger partial charge in [-0.05, 0) is 26.2 Å². The molecule has 0 saturated heterocycles. The van der Waals surface area contributed by atoms with Crippen molar-refractivity contribution in [3.05, 3.63) is 36.0 Å². The molecule has 1 aromatic heterocycles. The van der Waals surface area contributed by atoms with Gasteiger partial charge in [-0.1, -0.05) is 30.4 Å². The summed E-state index contributed by atoms with van der Waals surface area (Å²) in [4.78, 5) is 4.78. The van der Waals surface area contributed by atoms with E-state index in [2.05, 4.69) is 30.4 Å². The number of anilines is 1. The summed E-state index contributed by atoms with van der Waals surface area (Å²) in [5.41, 5.74) is 8.54. The number of nitrogens with one attached hydrogen (secondary N) is 1. The normalized spacial score (nSPS) is 11.6. The average molecular weight is 305 g/mol.